The summed E-state index contributed by atoms with van der Waals surface area (Å²) in [6.45, 7) is 4.30. The molecule has 0 N–H and O–H groups in total. The smallest absolute Gasteiger partial charge is 0.0998 e. The zero-order valence-electron chi connectivity index (χ0n) is 10.4. The Bertz CT molecular complexity index is 591. The minimum Gasteiger partial charge on any atom is -0.192 e. The molecule has 0 spiro atoms. The van der Waals surface area contributed by atoms with Crippen molar-refractivity contribution >= 4 is 11.6 Å². The second kappa shape index (κ2) is 5.25. The Labute approximate surface area is 113 Å². The number of nitrogens with zero attached hydrogens (tertiary/aromatic N) is 1. The molecule has 89 valence electrons. The Morgan fingerprint density at radius 3 is 2.39 bits per heavy atom. The summed E-state index contributed by atoms with van der Waals surface area (Å²) in [4.78, 5) is 0. The van der Waals surface area contributed by atoms with Crippen molar-refractivity contribution in [3.05, 3.63) is 58.6 Å². The van der Waals surface area contributed by atoms with E-state index in [0.29, 0.717) is 16.5 Å². The quantitative estimate of drug-likeness (QED) is 0.755. The predicted molar refractivity (Wildman–Crippen MR) is 74.5 cm³/mol. The van der Waals surface area contributed by atoms with Gasteiger partial charge in [-0.05, 0) is 23.1 Å². The number of benzene rings is 2. The second-order valence-electron chi connectivity index (χ2n) is 4.47. The van der Waals surface area contributed by atoms with Crippen LogP contribution < -0.4 is 0 Å². The van der Waals surface area contributed by atoms with Gasteiger partial charge in [-0.2, -0.15) is 5.26 Å². The Hall–Kier alpha value is -1.78. The van der Waals surface area contributed by atoms with Crippen LogP contribution >= 0.6 is 11.6 Å². The molecule has 1 nitrogen and oxygen atoms in total. The van der Waals surface area contributed by atoms with Crippen LogP contribution in [0.4, 0.5) is 0 Å². The van der Waals surface area contributed by atoms with Gasteiger partial charge in [0.05, 0.1) is 16.7 Å². The third kappa shape index (κ3) is 2.39. The van der Waals surface area contributed by atoms with Gasteiger partial charge in [0.1, 0.15) is 0 Å². The van der Waals surface area contributed by atoms with Crippen LogP contribution in [0.25, 0.3) is 11.1 Å². The summed E-state index contributed by atoms with van der Waals surface area (Å²) in [5.74, 6) is 0.493. The third-order valence-electron chi connectivity index (χ3n) is 2.94. The normalized spacial score (nSPS) is 10.4. The van der Waals surface area contributed by atoms with E-state index < -0.39 is 0 Å². The van der Waals surface area contributed by atoms with Gasteiger partial charge in [0.25, 0.3) is 0 Å². The van der Waals surface area contributed by atoms with Crippen LogP contribution in [0.3, 0.4) is 0 Å². The van der Waals surface area contributed by atoms with Crippen molar-refractivity contribution in [2.24, 2.45) is 0 Å². The molecule has 2 heteroatoms. The van der Waals surface area contributed by atoms with Gasteiger partial charge in [0.15, 0.2) is 0 Å². The van der Waals surface area contributed by atoms with E-state index in [1.165, 1.54) is 5.56 Å². The van der Waals surface area contributed by atoms with Crippen LogP contribution in [-0.4, -0.2) is 0 Å². The van der Waals surface area contributed by atoms with Gasteiger partial charge < -0.3 is 0 Å². The molecule has 2 aromatic carbocycles. The van der Waals surface area contributed by atoms with Crippen molar-refractivity contribution in [3.8, 4) is 17.2 Å². The van der Waals surface area contributed by atoms with Gasteiger partial charge in [0.2, 0.25) is 0 Å². The van der Waals surface area contributed by atoms with Gasteiger partial charge in [0, 0.05) is 11.6 Å². The summed E-state index contributed by atoms with van der Waals surface area (Å²) in [6.07, 6.45) is 0. The molecular formula is C16H13ClN. The van der Waals surface area contributed by atoms with E-state index in [1.807, 2.05) is 12.1 Å². The van der Waals surface area contributed by atoms with Gasteiger partial charge in [-0.15, -0.1) is 0 Å². The molecule has 0 amide bonds. The Morgan fingerprint density at radius 2 is 1.83 bits per heavy atom. The topological polar surface area (TPSA) is 23.8 Å². The van der Waals surface area contributed by atoms with E-state index in [-0.39, 0.29) is 0 Å². The van der Waals surface area contributed by atoms with Gasteiger partial charge in [-0.25, -0.2) is 0 Å². The number of rotatable bonds is 2. The van der Waals surface area contributed by atoms with E-state index in [0.717, 1.165) is 11.1 Å². The molecule has 0 fully saturated rings. The standard InChI is InChI=1S/C16H13ClN/c1-11(2)12-6-8-13(9-7-12)16-14(10-18)4-3-5-15(16)17/h3-4,6-9,11H,1-2H3. The molecule has 1 radical (unpaired) electrons. The average Bonchev–Trinajstić information content (AvgIpc) is 2.38. The first kappa shape index (κ1) is 12.7. The summed E-state index contributed by atoms with van der Waals surface area (Å²) >= 11 is 6.14. The minimum atomic E-state index is 0.492. The van der Waals surface area contributed by atoms with Gasteiger partial charge in [-0.3, -0.25) is 0 Å². The van der Waals surface area contributed by atoms with Crippen molar-refractivity contribution in [3.63, 3.8) is 0 Å². The number of nitriles is 1. The molecule has 0 aromatic heterocycles. The van der Waals surface area contributed by atoms with Crippen LogP contribution in [0.5, 0.6) is 0 Å². The third-order valence-corrected chi connectivity index (χ3v) is 3.23. The van der Waals surface area contributed by atoms with Crippen molar-refractivity contribution in [2.75, 3.05) is 0 Å². The highest BCUT2D eigenvalue weighted by Gasteiger charge is 2.09. The SMILES string of the molecule is CC(C)c1ccc(-c2c(Cl)[c]ccc2C#N)cc1. The number of halogens is 1. The van der Waals surface area contributed by atoms with Gasteiger partial charge >= 0.3 is 0 Å². The Morgan fingerprint density at radius 1 is 1.17 bits per heavy atom. The molecule has 0 aliphatic carbocycles. The van der Waals surface area contributed by atoms with E-state index in [4.69, 9.17) is 16.9 Å². The summed E-state index contributed by atoms with van der Waals surface area (Å²) in [7, 11) is 0. The highest BCUT2D eigenvalue weighted by molar-refractivity contribution is 6.33. The fourth-order valence-corrected chi connectivity index (χ4v) is 2.16. The molecule has 0 saturated heterocycles. The van der Waals surface area contributed by atoms with E-state index in [1.54, 1.807) is 12.1 Å². The fourth-order valence-electron chi connectivity index (χ4n) is 1.88. The highest BCUT2D eigenvalue weighted by Crippen LogP contribution is 2.31. The first-order chi connectivity index (χ1) is 8.63. The van der Waals surface area contributed by atoms with Crippen molar-refractivity contribution in [1.82, 2.24) is 0 Å². The maximum Gasteiger partial charge on any atom is 0.0998 e. The lowest BCUT2D eigenvalue weighted by atomic mass is 9.96. The maximum atomic E-state index is 9.12. The Kier molecular flexibility index (Phi) is 3.69. The van der Waals surface area contributed by atoms with Crippen molar-refractivity contribution in [1.29, 1.82) is 5.26 Å². The van der Waals surface area contributed by atoms with E-state index >= 15 is 0 Å². The first-order valence-corrected chi connectivity index (χ1v) is 6.22. The van der Waals surface area contributed by atoms with Crippen LogP contribution in [-0.2, 0) is 0 Å². The lowest BCUT2D eigenvalue weighted by Gasteiger charge is -2.09. The van der Waals surface area contributed by atoms with E-state index in [9.17, 15) is 0 Å². The van der Waals surface area contributed by atoms with Crippen LogP contribution in [0.2, 0.25) is 5.02 Å². The molecule has 2 aromatic rings. The molecule has 0 heterocycles. The monoisotopic (exact) mass is 254 g/mol. The van der Waals surface area contributed by atoms with E-state index in [2.05, 4.69) is 38.1 Å². The van der Waals surface area contributed by atoms with Crippen molar-refractivity contribution < 1.29 is 0 Å². The summed E-state index contributed by atoms with van der Waals surface area (Å²) < 4.78 is 0. The molecule has 0 aliphatic rings. The summed E-state index contributed by atoms with van der Waals surface area (Å²) in [6, 6.07) is 16.7. The average molecular weight is 255 g/mol. The van der Waals surface area contributed by atoms with Crippen molar-refractivity contribution in [2.45, 2.75) is 19.8 Å². The highest BCUT2D eigenvalue weighted by atomic mass is 35.5. The predicted octanol–water partition coefficient (Wildman–Crippen LogP) is 4.80. The van der Waals surface area contributed by atoms with Gasteiger partial charge in [-0.1, -0.05) is 55.8 Å². The fraction of sp³-hybridized carbons (Fsp3) is 0.188. The Balaban J connectivity index is 2.53. The largest absolute Gasteiger partial charge is 0.192 e. The number of hydrogen-bond acceptors (Lipinski definition) is 1. The first-order valence-electron chi connectivity index (χ1n) is 5.84. The molecule has 0 bridgehead atoms. The molecule has 2 rings (SSSR count). The second-order valence-corrected chi connectivity index (χ2v) is 4.85. The number of hydrogen-bond donors (Lipinski definition) is 0. The summed E-state index contributed by atoms with van der Waals surface area (Å²) in [5.41, 5.74) is 3.57. The van der Waals surface area contributed by atoms with Crippen LogP contribution in [0, 0.1) is 17.4 Å². The summed E-state index contributed by atoms with van der Waals surface area (Å²) in [5, 5.41) is 9.62. The molecule has 0 atom stereocenters. The lowest BCUT2D eigenvalue weighted by Crippen LogP contribution is -1.89. The minimum absolute atomic E-state index is 0.492. The maximum absolute atomic E-state index is 9.12. The van der Waals surface area contributed by atoms with Crippen LogP contribution in [0.15, 0.2) is 36.4 Å². The molecular weight excluding hydrogens is 242 g/mol. The lowest BCUT2D eigenvalue weighted by molar-refractivity contribution is 0.867. The zero-order valence-corrected chi connectivity index (χ0v) is 11.1. The molecule has 18 heavy (non-hydrogen) atoms. The zero-order chi connectivity index (χ0) is 13.1. The molecule has 0 unspecified atom stereocenters. The molecule has 0 aliphatic heterocycles. The molecule has 0 saturated carbocycles. The van der Waals surface area contributed by atoms with Crippen LogP contribution in [0.1, 0.15) is 30.9 Å².